The zero-order chi connectivity index (χ0) is 15.1. The van der Waals surface area contributed by atoms with Crippen LogP contribution in [0.1, 0.15) is 12.3 Å². The second-order valence-corrected chi connectivity index (χ2v) is 4.90. The number of nitrogens with zero attached hydrogens (tertiary/aromatic N) is 1. The number of oxazole rings is 1. The Morgan fingerprint density at radius 1 is 1.38 bits per heavy atom. The van der Waals surface area contributed by atoms with E-state index in [1.165, 1.54) is 0 Å². The molecule has 1 aromatic carbocycles. The lowest BCUT2D eigenvalue weighted by atomic mass is 10.2. The number of ether oxygens (including phenoxy) is 1. The summed E-state index contributed by atoms with van der Waals surface area (Å²) in [5, 5.41) is 3.42. The van der Waals surface area contributed by atoms with Crippen LogP contribution in [0.15, 0.2) is 34.9 Å². The number of aryl methyl sites for hydroxylation is 1. The molecule has 21 heavy (non-hydrogen) atoms. The number of hydrogen-bond donors (Lipinski definition) is 1. The van der Waals surface area contributed by atoms with Gasteiger partial charge in [0.05, 0.1) is 12.8 Å². The highest BCUT2D eigenvalue weighted by atomic mass is 35.5. The maximum Gasteiger partial charge on any atom is 0.220 e. The van der Waals surface area contributed by atoms with Gasteiger partial charge in [-0.25, -0.2) is 4.98 Å². The highest BCUT2D eigenvalue weighted by Crippen LogP contribution is 2.22. The Balaban J connectivity index is 1.86. The number of nitrogens with one attached hydrogen (secondary N) is 1. The van der Waals surface area contributed by atoms with Gasteiger partial charge in [0, 0.05) is 37.1 Å². The van der Waals surface area contributed by atoms with Gasteiger partial charge in [-0.15, -0.1) is 0 Å². The first-order valence-electron chi connectivity index (χ1n) is 6.65. The second-order valence-electron chi connectivity index (χ2n) is 4.47. The Hall–Kier alpha value is -1.85. The average molecular weight is 309 g/mol. The molecular formula is C15H17ClN2O3. The molecule has 0 bridgehead atoms. The standard InChI is InChI=1S/C15H17ClN2O3/c1-20-9-8-17-14(19)6-7-15-18-10-13(21-15)11-2-4-12(16)5-3-11/h2-5,10H,6-9H2,1H3,(H,17,19). The largest absolute Gasteiger partial charge is 0.441 e. The van der Waals surface area contributed by atoms with Gasteiger partial charge in [0.25, 0.3) is 0 Å². The molecule has 1 amide bonds. The molecule has 2 aromatic rings. The number of aromatic nitrogens is 1. The van der Waals surface area contributed by atoms with E-state index in [2.05, 4.69) is 10.3 Å². The van der Waals surface area contributed by atoms with E-state index < -0.39 is 0 Å². The number of methoxy groups -OCH3 is 1. The smallest absolute Gasteiger partial charge is 0.220 e. The molecule has 0 aliphatic heterocycles. The number of rotatable bonds is 7. The summed E-state index contributed by atoms with van der Waals surface area (Å²) in [5.41, 5.74) is 0.905. The van der Waals surface area contributed by atoms with Gasteiger partial charge in [0.1, 0.15) is 0 Å². The normalized spacial score (nSPS) is 10.6. The lowest BCUT2D eigenvalue weighted by Gasteiger charge is -2.02. The van der Waals surface area contributed by atoms with Crippen molar-refractivity contribution in [2.45, 2.75) is 12.8 Å². The van der Waals surface area contributed by atoms with E-state index in [-0.39, 0.29) is 5.91 Å². The molecule has 0 aliphatic rings. The summed E-state index contributed by atoms with van der Waals surface area (Å²) in [4.78, 5) is 15.7. The van der Waals surface area contributed by atoms with Crippen molar-refractivity contribution < 1.29 is 13.9 Å². The number of carbonyl (C=O) groups excluding carboxylic acids is 1. The topological polar surface area (TPSA) is 64.4 Å². The van der Waals surface area contributed by atoms with Crippen LogP contribution >= 0.6 is 11.6 Å². The first-order valence-corrected chi connectivity index (χ1v) is 7.03. The monoisotopic (exact) mass is 308 g/mol. The molecule has 1 aromatic heterocycles. The molecule has 112 valence electrons. The van der Waals surface area contributed by atoms with E-state index >= 15 is 0 Å². The molecule has 5 nitrogen and oxygen atoms in total. The fourth-order valence-corrected chi connectivity index (χ4v) is 1.90. The molecule has 0 spiro atoms. The van der Waals surface area contributed by atoms with Crippen LogP contribution in [0.4, 0.5) is 0 Å². The molecular weight excluding hydrogens is 292 g/mol. The van der Waals surface area contributed by atoms with Crippen molar-refractivity contribution in [3.8, 4) is 11.3 Å². The summed E-state index contributed by atoms with van der Waals surface area (Å²) < 4.78 is 10.5. The maximum atomic E-state index is 11.6. The van der Waals surface area contributed by atoms with Crippen molar-refractivity contribution in [3.63, 3.8) is 0 Å². The lowest BCUT2D eigenvalue weighted by Crippen LogP contribution is -2.27. The first kappa shape index (κ1) is 15.5. The Morgan fingerprint density at radius 3 is 2.86 bits per heavy atom. The van der Waals surface area contributed by atoms with E-state index in [1.54, 1.807) is 25.4 Å². The third-order valence-corrected chi connectivity index (χ3v) is 3.13. The van der Waals surface area contributed by atoms with Gasteiger partial charge < -0.3 is 14.5 Å². The predicted octanol–water partition coefficient (Wildman–Crippen LogP) is 2.69. The van der Waals surface area contributed by atoms with Crippen LogP contribution in [0, 0.1) is 0 Å². The first-order chi connectivity index (χ1) is 10.2. The fourth-order valence-electron chi connectivity index (χ4n) is 1.77. The highest BCUT2D eigenvalue weighted by Gasteiger charge is 2.08. The van der Waals surface area contributed by atoms with E-state index in [0.29, 0.717) is 42.7 Å². The third kappa shape index (κ3) is 4.88. The van der Waals surface area contributed by atoms with Gasteiger partial charge in [-0.05, 0) is 24.3 Å². The predicted molar refractivity (Wildman–Crippen MR) is 80.2 cm³/mol. The second kappa shape index (κ2) is 7.81. The Morgan fingerprint density at radius 2 is 2.14 bits per heavy atom. The van der Waals surface area contributed by atoms with Crippen LogP contribution in [0.3, 0.4) is 0 Å². The zero-order valence-corrected chi connectivity index (χ0v) is 12.5. The van der Waals surface area contributed by atoms with E-state index in [9.17, 15) is 4.79 Å². The summed E-state index contributed by atoms with van der Waals surface area (Å²) in [6, 6.07) is 7.32. The average Bonchev–Trinajstić information content (AvgIpc) is 2.95. The van der Waals surface area contributed by atoms with Gasteiger partial charge in [0.2, 0.25) is 5.91 Å². The highest BCUT2D eigenvalue weighted by molar-refractivity contribution is 6.30. The van der Waals surface area contributed by atoms with E-state index in [1.807, 2.05) is 12.1 Å². The summed E-state index contributed by atoms with van der Waals surface area (Å²) in [7, 11) is 1.59. The van der Waals surface area contributed by atoms with Crippen LogP contribution in [-0.4, -0.2) is 31.2 Å². The molecule has 0 aliphatic carbocycles. The van der Waals surface area contributed by atoms with Crippen LogP contribution < -0.4 is 5.32 Å². The number of halogens is 1. The van der Waals surface area contributed by atoms with Crippen molar-refractivity contribution in [2.75, 3.05) is 20.3 Å². The van der Waals surface area contributed by atoms with Gasteiger partial charge >= 0.3 is 0 Å². The molecule has 0 saturated heterocycles. The van der Waals surface area contributed by atoms with E-state index in [4.69, 9.17) is 20.8 Å². The molecule has 6 heteroatoms. The molecule has 0 radical (unpaired) electrons. The molecule has 1 N–H and O–H groups in total. The number of carbonyl (C=O) groups is 1. The maximum absolute atomic E-state index is 11.6. The van der Waals surface area contributed by atoms with Crippen LogP contribution in [-0.2, 0) is 16.0 Å². The van der Waals surface area contributed by atoms with Crippen molar-refractivity contribution in [1.29, 1.82) is 0 Å². The Bertz CT molecular complexity index is 581. The van der Waals surface area contributed by atoms with Crippen LogP contribution in [0.25, 0.3) is 11.3 Å². The third-order valence-electron chi connectivity index (χ3n) is 2.88. The summed E-state index contributed by atoms with van der Waals surface area (Å²) in [6.07, 6.45) is 2.46. The van der Waals surface area contributed by atoms with Crippen LogP contribution in [0.2, 0.25) is 5.02 Å². The van der Waals surface area contributed by atoms with Gasteiger partial charge in [-0.3, -0.25) is 4.79 Å². The number of amides is 1. The zero-order valence-electron chi connectivity index (χ0n) is 11.8. The van der Waals surface area contributed by atoms with Crippen molar-refractivity contribution in [1.82, 2.24) is 10.3 Å². The molecule has 1 heterocycles. The number of hydrogen-bond acceptors (Lipinski definition) is 4. The molecule has 0 fully saturated rings. The van der Waals surface area contributed by atoms with E-state index in [0.717, 1.165) is 5.56 Å². The fraction of sp³-hybridized carbons (Fsp3) is 0.333. The minimum Gasteiger partial charge on any atom is -0.441 e. The van der Waals surface area contributed by atoms with Gasteiger partial charge in [-0.1, -0.05) is 11.6 Å². The molecule has 0 atom stereocenters. The summed E-state index contributed by atoms with van der Waals surface area (Å²) in [6.45, 7) is 1.02. The lowest BCUT2D eigenvalue weighted by molar-refractivity contribution is -0.121. The Kier molecular flexibility index (Phi) is 5.78. The quantitative estimate of drug-likeness (QED) is 0.799. The van der Waals surface area contributed by atoms with Crippen molar-refractivity contribution in [3.05, 3.63) is 41.4 Å². The summed E-state index contributed by atoms with van der Waals surface area (Å²) >= 11 is 5.84. The summed E-state index contributed by atoms with van der Waals surface area (Å²) in [5.74, 6) is 1.17. The van der Waals surface area contributed by atoms with Crippen molar-refractivity contribution in [2.24, 2.45) is 0 Å². The minimum atomic E-state index is -0.0432. The van der Waals surface area contributed by atoms with Crippen LogP contribution in [0.5, 0.6) is 0 Å². The molecule has 0 saturated carbocycles. The van der Waals surface area contributed by atoms with Crippen molar-refractivity contribution >= 4 is 17.5 Å². The SMILES string of the molecule is COCCNC(=O)CCc1ncc(-c2ccc(Cl)cc2)o1. The Labute approximate surface area is 128 Å². The van der Waals surface area contributed by atoms with Gasteiger partial charge in [0.15, 0.2) is 11.7 Å². The molecule has 0 unspecified atom stereocenters. The molecule has 2 rings (SSSR count). The minimum absolute atomic E-state index is 0.0432. The van der Waals surface area contributed by atoms with Gasteiger partial charge in [-0.2, -0.15) is 0 Å². The number of benzene rings is 1.